The van der Waals surface area contributed by atoms with Gasteiger partial charge in [0.15, 0.2) is 0 Å². The first-order valence-corrected chi connectivity index (χ1v) is 12.5. The lowest BCUT2D eigenvalue weighted by Crippen LogP contribution is -2.39. The molecule has 1 aromatic carbocycles. The van der Waals surface area contributed by atoms with E-state index < -0.39 is 0 Å². The maximum atomic E-state index is 12.1. The lowest BCUT2D eigenvalue weighted by Gasteiger charge is -2.37. The number of esters is 1. The second-order valence-corrected chi connectivity index (χ2v) is 9.72. The molecule has 1 saturated carbocycles. The van der Waals surface area contributed by atoms with Gasteiger partial charge in [-0.2, -0.15) is 0 Å². The molecule has 2 aliphatic rings. The molecule has 1 aliphatic heterocycles. The van der Waals surface area contributed by atoms with Gasteiger partial charge in [0, 0.05) is 37.5 Å². The van der Waals surface area contributed by atoms with Crippen LogP contribution < -0.4 is 0 Å². The predicted octanol–water partition coefficient (Wildman–Crippen LogP) is 6.50. The van der Waals surface area contributed by atoms with Crippen molar-refractivity contribution in [3.8, 4) is 0 Å². The lowest BCUT2D eigenvalue weighted by molar-refractivity contribution is -0.144. The number of cyclic esters (lactones) is 1. The van der Waals surface area contributed by atoms with Crippen molar-refractivity contribution in [3.05, 3.63) is 41.7 Å². The number of methoxy groups -OCH3 is 2. The van der Waals surface area contributed by atoms with Crippen molar-refractivity contribution >= 4 is 22.5 Å². The van der Waals surface area contributed by atoms with Crippen molar-refractivity contribution in [1.82, 2.24) is 0 Å². The molecule has 5 heteroatoms. The van der Waals surface area contributed by atoms with Crippen LogP contribution in [0.4, 0.5) is 0 Å². The van der Waals surface area contributed by atoms with Crippen molar-refractivity contribution < 1.29 is 23.4 Å². The van der Waals surface area contributed by atoms with Crippen LogP contribution in [0.2, 0.25) is 0 Å². The van der Waals surface area contributed by atoms with Gasteiger partial charge in [0.2, 0.25) is 0 Å². The highest BCUT2D eigenvalue weighted by Crippen LogP contribution is 2.43. The first-order valence-electron chi connectivity index (χ1n) is 12.5. The van der Waals surface area contributed by atoms with Gasteiger partial charge >= 0.3 is 5.97 Å². The highest BCUT2D eigenvalue weighted by molar-refractivity contribution is 5.88. The number of hydrogen-bond acceptors (Lipinski definition) is 5. The van der Waals surface area contributed by atoms with Crippen LogP contribution >= 0.6 is 0 Å². The number of hydrogen-bond donors (Lipinski definition) is 0. The average Bonchev–Trinajstić information content (AvgIpc) is 3.28. The number of carbonyl (C=O) groups excluding carboxylic acids is 1. The first kappa shape index (κ1) is 24.0. The minimum atomic E-state index is -0.118. The Morgan fingerprint density at radius 3 is 2.70 bits per heavy atom. The van der Waals surface area contributed by atoms with E-state index in [-0.39, 0.29) is 24.1 Å². The third-order valence-electron chi connectivity index (χ3n) is 7.58. The van der Waals surface area contributed by atoms with Gasteiger partial charge in [0.1, 0.15) is 5.58 Å². The summed E-state index contributed by atoms with van der Waals surface area (Å²) in [5.74, 6) is 0.868. The monoisotopic (exact) mass is 454 g/mol. The second-order valence-electron chi connectivity index (χ2n) is 9.72. The van der Waals surface area contributed by atoms with Crippen LogP contribution in [-0.2, 0) is 19.0 Å². The van der Waals surface area contributed by atoms with Crippen molar-refractivity contribution in [3.63, 3.8) is 0 Å². The zero-order chi connectivity index (χ0) is 23.4. The third kappa shape index (κ3) is 5.20. The average molecular weight is 455 g/mol. The standard InChI is InChI=1S/C28H38O5/c1-5-19-7-6-8-22(16-24(30-3)27(19)31-4)26-23(11-9-20-13-14-32-28(20)26)21-10-12-25(29)33-17-18(2)15-21/h9,11,13-15,18-19,22,24,27H,5-8,10,12,16-17H2,1-4H3/b21-15+. The van der Waals surface area contributed by atoms with E-state index in [0.29, 0.717) is 31.3 Å². The fourth-order valence-corrected chi connectivity index (χ4v) is 5.87. The quantitative estimate of drug-likeness (QED) is 0.483. The van der Waals surface area contributed by atoms with Gasteiger partial charge in [-0.3, -0.25) is 4.79 Å². The number of carbonyl (C=O) groups is 1. The van der Waals surface area contributed by atoms with E-state index in [2.05, 4.69) is 32.1 Å². The smallest absolute Gasteiger partial charge is 0.306 e. The molecule has 1 fully saturated rings. The molecule has 33 heavy (non-hydrogen) atoms. The number of rotatable bonds is 5. The molecule has 0 amide bonds. The molecule has 5 atom stereocenters. The molecule has 1 aromatic heterocycles. The minimum absolute atomic E-state index is 0.0310. The summed E-state index contributed by atoms with van der Waals surface area (Å²) >= 11 is 0. The van der Waals surface area contributed by atoms with Crippen molar-refractivity contribution in [2.24, 2.45) is 11.8 Å². The summed E-state index contributed by atoms with van der Waals surface area (Å²) in [6.07, 6.45) is 10.6. The van der Waals surface area contributed by atoms with Crippen LogP contribution in [0.3, 0.4) is 0 Å². The van der Waals surface area contributed by atoms with Crippen LogP contribution in [0.25, 0.3) is 16.5 Å². The van der Waals surface area contributed by atoms with Gasteiger partial charge in [0.25, 0.3) is 0 Å². The van der Waals surface area contributed by atoms with Crippen LogP contribution in [0.1, 0.15) is 75.8 Å². The summed E-state index contributed by atoms with van der Waals surface area (Å²) in [4.78, 5) is 12.1. The SMILES string of the molecule is CCC1CCCC(c2c(/C3=C/C(C)COC(=O)CC3)ccc3ccoc23)CC(OC)C1OC. The van der Waals surface area contributed by atoms with E-state index in [1.54, 1.807) is 13.4 Å². The Hall–Kier alpha value is -2.11. The maximum absolute atomic E-state index is 12.1. The second kappa shape index (κ2) is 10.9. The van der Waals surface area contributed by atoms with E-state index >= 15 is 0 Å². The molecular formula is C28H38O5. The largest absolute Gasteiger partial charge is 0.465 e. The fourth-order valence-electron chi connectivity index (χ4n) is 5.87. The highest BCUT2D eigenvalue weighted by atomic mass is 16.5. The number of allylic oxidation sites excluding steroid dienone is 1. The van der Waals surface area contributed by atoms with Gasteiger partial charge in [-0.05, 0) is 54.7 Å². The van der Waals surface area contributed by atoms with Crippen LogP contribution in [0, 0.1) is 11.8 Å². The summed E-state index contributed by atoms with van der Waals surface area (Å²) < 4.78 is 23.4. The normalized spacial score (nSPS) is 31.1. The topological polar surface area (TPSA) is 57.9 Å². The van der Waals surface area contributed by atoms with E-state index in [4.69, 9.17) is 18.6 Å². The van der Waals surface area contributed by atoms with Crippen LogP contribution in [0.15, 0.2) is 35.0 Å². The highest BCUT2D eigenvalue weighted by Gasteiger charge is 2.35. The zero-order valence-corrected chi connectivity index (χ0v) is 20.5. The van der Waals surface area contributed by atoms with Crippen molar-refractivity contribution in [2.75, 3.05) is 20.8 Å². The predicted molar refractivity (Wildman–Crippen MR) is 130 cm³/mol. The minimum Gasteiger partial charge on any atom is -0.465 e. The molecule has 4 rings (SSSR count). The molecule has 0 N–H and O–H groups in total. The molecule has 2 heterocycles. The number of ether oxygens (including phenoxy) is 3. The van der Waals surface area contributed by atoms with E-state index in [1.165, 1.54) is 16.7 Å². The molecule has 0 saturated heterocycles. The van der Waals surface area contributed by atoms with Gasteiger partial charge in [0.05, 0.1) is 25.1 Å². The van der Waals surface area contributed by atoms with Crippen LogP contribution in [0.5, 0.6) is 0 Å². The van der Waals surface area contributed by atoms with Gasteiger partial charge < -0.3 is 18.6 Å². The Morgan fingerprint density at radius 1 is 1.09 bits per heavy atom. The Morgan fingerprint density at radius 2 is 1.94 bits per heavy atom. The third-order valence-corrected chi connectivity index (χ3v) is 7.58. The molecule has 1 aliphatic carbocycles. The van der Waals surface area contributed by atoms with Gasteiger partial charge in [-0.15, -0.1) is 0 Å². The van der Waals surface area contributed by atoms with Crippen molar-refractivity contribution in [1.29, 1.82) is 0 Å². The summed E-state index contributed by atoms with van der Waals surface area (Å²) in [7, 11) is 3.62. The number of fused-ring (bicyclic) bond motifs is 1. The number of benzene rings is 1. The summed E-state index contributed by atoms with van der Waals surface area (Å²) in [6.45, 7) is 4.79. The molecular weight excluding hydrogens is 416 g/mol. The van der Waals surface area contributed by atoms with E-state index in [9.17, 15) is 4.79 Å². The maximum Gasteiger partial charge on any atom is 0.306 e. The lowest BCUT2D eigenvalue weighted by atomic mass is 9.76. The van der Waals surface area contributed by atoms with Crippen LogP contribution in [-0.4, -0.2) is 39.0 Å². The molecule has 0 bridgehead atoms. The fraction of sp³-hybridized carbons (Fsp3) is 0.607. The molecule has 0 spiro atoms. The van der Waals surface area contributed by atoms with Gasteiger partial charge in [-0.1, -0.05) is 44.9 Å². The molecule has 5 nitrogen and oxygen atoms in total. The molecule has 0 radical (unpaired) electrons. The summed E-state index contributed by atoms with van der Waals surface area (Å²) in [5, 5.41) is 1.12. The Kier molecular flexibility index (Phi) is 7.92. The molecule has 2 aromatic rings. The van der Waals surface area contributed by atoms with Crippen molar-refractivity contribution in [2.45, 2.75) is 76.9 Å². The summed E-state index contributed by atoms with van der Waals surface area (Å²) in [5.41, 5.74) is 4.66. The Balaban J connectivity index is 1.78. The molecule has 180 valence electrons. The Labute approximate surface area is 197 Å². The first-order chi connectivity index (χ1) is 16.0. The number of furan rings is 1. The zero-order valence-electron chi connectivity index (χ0n) is 20.5. The van der Waals surface area contributed by atoms with E-state index in [0.717, 1.165) is 43.1 Å². The van der Waals surface area contributed by atoms with Gasteiger partial charge in [-0.25, -0.2) is 0 Å². The Bertz CT molecular complexity index is 974. The summed E-state index contributed by atoms with van der Waals surface area (Å²) in [6, 6.07) is 6.40. The molecule has 5 unspecified atom stereocenters. The van der Waals surface area contributed by atoms with E-state index in [1.807, 2.05) is 13.2 Å².